The minimum atomic E-state index is -5.08. The van der Waals surface area contributed by atoms with E-state index in [9.17, 15) is 26.3 Å². The molecule has 1 aromatic rings. The third-order valence-corrected chi connectivity index (χ3v) is 4.35. The average Bonchev–Trinajstić information content (AvgIpc) is 2.99. The second-order valence-corrected chi connectivity index (χ2v) is 6.44. The van der Waals surface area contributed by atoms with E-state index in [2.05, 4.69) is 40.5 Å². The highest BCUT2D eigenvalue weighted by Crippen LogP contribution is 2.33. The summed E-state index contributed by atoms with van der Waals surface area (Å²) in [6.07, 6.45) is -7.42. The van der Waals surface area contributed by atoms with Crippen LogP contribution in [0.2, 0.25) is 0 Å². The fraction of sp³-hybridized carbons (Fsp3) is 0.529. The third-order valence-electron chi connectivity index (χ3n) is 4.35. The highest BCUT2D eigenvalue weighted by molar-refractivity contribution is 5.73. The number of hydrogen-bond acceptors (Lipinski definition) is 4. The first-order valence-corrected chi connectivity index (χ1v) is 8.38. The van der Waals surface area contributed by atoms with Gasteiger partial charge in [0.1, 0.15) is 0 Å². The number of carbonyl (C=O) groups is 2. The van der Waals surface area contributed by atoms with Crippen molar-refractivity contribution in [2.24, 2.45) is 0 Å². The highest BCUT2D eigenvalue weighted by atomic mass is 19.4. The maximum atomic E-state index is 10.6. The number of aliphatic carboxylic acids is 2. The zero-order valence-corrected chi connectivity index (χ0v) is 15.1. The Morgan fingerprint density at radius 3 is 1.76 bits per heavy atom. The molecule has 3 N–H and O–H groups in total. The molecule has 0 atom stereocenters. The van der Waals surface area contributed by atoms with E-state index in [1.165, 1.54) is 38.0 Å². The zero-order valence-electron chi connectivity index (χ0n) is 15.1. The molecule has 0 radical (unpaired) electrons. The minimum absolute atomic E-state index is 0.510. The summed E-state index contributed by atoms with van der Waals surface area (Å²) in [5.74, 6) is -5.51. The smallest absolute Gasteiger partial charge is 0.475 e. The number of alkyl halides is 6. The van der Waals surface area contributed by atoms with E-state index in [4.69, 9.17) is 19.8 Å². The topological polar surface area (TPSA) is 89.9 Å². The summed E-state index contributed by atoms with van der Waals surface area (Å²) in [4.78, 5) is 20.5. The number of benzene rings is 1. The summed E-state index contributed by atoms with van der Waals surface area (Å²) in [5.41, 5.74) is 1.96. The number of hydrogen-bond donors (Lipinski definition) is 3. The van der Waals surface area contributed by atoms with Crippen LogP contribution < -0.4 is 5.32 Å². The molecular formula is C17H20F6N2O4. The van der Waals surface area contributed by atoms with Gasteiger partial charge in [-0.1, -0.05) is 30.3 Å². The molecule has 29 heavy (non-hydrogen) atoms. The summed E-state index contributed by atoms with van der Waals surface area (Å²) in [7, 11) is 0. The van der Waals surface area contributed by atoms with Gasteiger partial charge in [0.15, 0.2) is 0 Å². The monoisotopic (exact) mass is 430 g/mol. The Balaban J connectivity index is 0.000000255. The van der Waals surface area contributed by atoms with E-state index in [0.29, 0.717) is 5.54 Å². The molecule has 0 amide bonds. The standard InChI is InChI=1S/C13H18N2.2C2HF3O2/c1-2-5-12(6-3-1)9-15-8-4-7-13(15)10-14-11-13;2*3-2(4,5)1(6)7/h1-3,5-6,14H,4,7-11H2;2*(H,6,7). The SMILES string of the molecule is O=C(O)C(F)(F)F.O=C(O)C(F)(F)F.c1ccc(CN2CCCC23CNC3)cc1. The second-order valence-electron chi connectivity index (χ2n) is 6.44. The Labute approximate surface area is 162 Å². The van der Waals surface area contributed by atoms with Crippen molar-refractivity contribution in [1.29, 1.82) is 0 Å². The van der Waals surface area contributed by atoms with Gasteiger partial charge in [-0.25, -0.2) is 9.59 Å². The van der Waals surface area contributed by atoms with Crippen LogP contribution in [0, 0.1) is 0 Å². The maximum Gasteiger partial charge on any atom is 0.490 e. The molecule has 2 saturated heterocycles. The van der Waals surface area contributed by atoms with Crippen LogP contribution in [0.1, 0.15) is 18.4 Å². The normalized spacial score (nSPS) is 18.0. The predicted octanol–water partition coefficient (Wildman–Crippen LogP) is 2.89. The van der Waals surface area contributed by atoms with Crippen molar-refractivity contribution in [3.63, 3.8) is 0 Å². The first-order valence-electron chi connectivity index (χ1n) is 8.38. The Morgan fingerprint density at radius 1 is 0.966 bits per heavy atom. The molecule has 2 heterocycles. The lowest BCUT2D eigenvalue weighted by molar-refractivity contribution is -0.193. The number of nitrogens with zero attached hydrogens (tertiary/aromatic N) is 1. The van der Waals surface area contributed by atoms with Gasteiger partial charge in [0.2, 0.25) is 0 Å². The molecule has 2 aliphatic rings. The molecule has 6 nitrogen and oxygen atoms in total. The lowest BCUT2D eigenvalue weighted by Gasteiger charge is -2.46. The van der Waals surface area contributed by atoms with Crippen LogP contribution in [-0.2, 0) is 16.1 Å². The van der Waals surface area contributed by atoms with E-state index in [0.717, 1.165) is 6.54 Å². The van der Waals surface area contributed by atoms with Gasteiger partial charge >= 0.3 is 24.3 Å². The van der Waals surface area contributed by atoms with E-state index >= 15 is 0 Å². The molecule has 164 valence electrons. The van der Waals surface area contributed by atoms with Crippen LogP contribution in [-0.4, -0.2) is 64.6 Å². The lowest BCUT2D eigenvalue weighted by atomic mass is 9.89. The van der Waals surface area contributed by atoms with Crippen LogP contribution >= 0.6 is 0 Å². The van der Waals surface area contributed by atoms with Crippen molar-refractivity contribution in [1.82, 2.24) is 10.2 Å². The van der Waals surface area contributed by atoms with Crippen molar-refractivity contribution >= 4 is 11.9 Å². The molecule has 0 unspecified atom stereocenters. The summed E-state index contributed by atoms with van der Waals surface area (Å²) in [6, 6.07) is 10.8. The predicted molar refractivity (Wildman–Crippen MR) is 89.1 cm³/mol. The molecule has 0 saturated carbocycles. The number of halogens is 6. The van der Waals surface area contributed by atoms with Crippen molar-refractivity contribution in [3.8, 4) is 0 Å². The Morgan fingerprint density at radius 2 is 1.41 bits per heavy atom. The molecule has 12 heteroatoms. The largest absolute Gasteiger partial charge is 0.490 e. The minimum Gasteiger partial charge on any atom is -0.475 e. The number of likely N-dealkylation sites (tertiary alicyclic amines) is 1. The fourth-order valence-electron chi connectivity index (χ4n) is 2.86. The quantitative estimate of drug-likeness (QED) is 0.626. The lowest BCUT2D eigenvalue weighted by Crippen LogP contribution is -2.65. The van der Waals surface area contributed by atoms with Gasteiger partial charge in [-0.3, -0.25) is 4.90 Å². The molecule has 3 rings (SSSR count). The van der Waals surface area contributed by atoms with Crippen LogP contribution in [0.4, 0.5) is 26.3 Å². The van der Waals surface area contributed by atoms with E-state index < -0.39 is 24.3 Å². The van der Waals surface area contributed by atoms with Crippen molar-refractivity contribution in [2.75, 3.05) is 19.6 Å². The van der Waals surface area contributed by atoms with Gasteiger partial charge in [0.05, 0.1) is 0 Å². The molecule has 1 aromatic carbocycles. The molecule has 0 bridgehead atoms. The second kappa shape index (κ2) is 9.92. The number of nitrogens with one attached hydrogen (secondary N) is 1. The van der Waals surface area contributed by atoms with Gasteiger partial charge in [0, 0.05) is 25.2 Å². The van der Waals surface area contributed by atoms with Crippen LogP contribution in [0.25, 0.3) is 0 Å². The van der Waals surface area contributed by atoms with Gasteiger partial charge in [-0.05, 0) is 24.9 Å². The molecule has 0 aromatic heterocycles. The highest BCUT2D eigenvalue weighted by Gasteiger charge is 2.45. The van der Waals surface area contributed by atoms with Crippen molar-refractivity contribution in [2.45, 2.75) is 37.3 Å². The number of carboxylic acid groups (broad SMARTS) is 2. The van der Waals surface area contributed by atoms with Gasteiger partial charge in [-0.15, -0.1) is 0 Å². The van der Waals surface area contributed by atoms with E-state index in [-0.39, 0.29) is 0 Å². The first-order chi connectivity index (χ1) is 13.3. The molecule has 1 spiro atoms. The van der Waals surface area contributed by atoms with Crippen molar-refractivity contribution in [3.05, 3.63) is 35.9 Å². The molecule has 0 aliphatic carbocycles. The number of carboxylic acids is 2. The van der Waals surface area contributed by atoms with E-state index in [1.54, 1.807) is 0 Å². The first kappa shape index (κ1) is 24.7. The van der Waals surface area contributed by atoms with Crippen LogP contribution in [0.5, 0.6) is 0 Å². The van der Waals surface area contributed by atoms with Gasteiger partial charge in [0.25, 0.3) is 0 Å². The summed E-state index contributed by atoms with van der Waals surface area (Å²) in [5, 5.41) is 17.7. The molecule has 2 aliphatic heterocycles. The third kappa shape index (κ3) is 7.89. The van der Waals surface area contributed by atoms with Crippen LogP contribution in [0.15, 0.2) is 30.3 Å². The maximum absolute atomic E-state index is 10.6. The van der Waals surface area contributed by atoms with Gasteiger partial charge < -0.3 is 15.5 Å². The number of rotatable bonds is 2. The molecular weight excluding hydrogens is 410 g/mol. The zero-order chi connectivity index (χ0) is 22.3. The Hall–Kier alpha value is -2.34. The fourth-order valence-corrected chi connectivity index (χ4v) is 2.86. The van der Waals surface area contributed by atoms with Gasteiger partial charge in [-0.2, -0.15) is 26.3 Å². The summed E-state index contributed by atoms with van der Waals surface area (Å²) < 4.78 is 63.5. The Kier molecular flexibility index (Phi) is 8.45. The molecule has 2 fully saturated rings. The van der Waals surface area contributed by atoms with E-state index in [1.807, 2.05) is 0 Å². The van der Waals surface area contributed by atoms with Crippen molar-refractivity contribution < 1.29 is 46.1 Å². The van der Waals surface area contributed by atoms with Crippen LogP contribution in [0.3, 0.4) is 0 Å². The summed E-state index contributed by atoms with van der Waals surface area (Å²) in [6.45, 7) is 4.79. The Bertz CT molecular complexity index is 651. The summed E-state index contributed by atoms with van der Waals surface area (Å²) >= 11 is 0. The average molecular weight is 430 g/mol.